The molecule has 0 saturated heterocycles. The highest BCUT2D eigenvalue weighted by Gasteiger charge is 2.34. The van der Waals surface area contributed by atoms with Gasteiger partial charge in [-0.3, -0.25) is 15.1 Å². The maximum absolute atomic E-state index is 13.2. The van der Waals surface area contributed by atoms with Crippen molar-refractivity contribution in [2.45, 2.75) is 25.8 Å². The van der Waals surface area contributed by atoms with Gasteiger partial charge >= 0.3 is 0 Å². The van der Waals surface area contributed by atoms with Gasteiger partial charge in [0.1, 0.15) is 5.70 Å². The van der Waals surface area contributed by atoms with Gasteiger partial charge in [0.2, 0.25) is 0 Å². The van der Waals surface area contributed by atoms with Crippen molar-refractivity contribution in [2.75, 3.05) is 0 Å². The van der Waals surface area contributed by atoms with Crippen molar-refractivity contribution in [3.63, 3.8) is 0 Å². The van der Waals surface area contributed by atoms with Crippen LogP contribution in [-0.4, -0.2) is 16.1 Å². The molecule has 31 heavy (non-hydrogen) atoms. The molecular weight excluding hydrogens is 404 g/mol. The first-order valence-corrected chi connectivity index (χ1v) is 11.2. The van der Waals surface area contributed by atoms with Crippen molar-refractivity contribution in [2.24, 2.45) is 10.1 Å². The minimum atomic E-state index is -0.383. The van der Waals surface area contributed by atoms with E-state index in [1.807, 2.05) is 24.3 Å². The number of amidine groups is 1. The number of hydrazone groups is 1. The van der Waals surface area contributed by atoms with Crippen molar-refractivity contribution in [3.05, 3.63) is 106 Å². The summed E-state index contributed by atoms with van der Waals surface area (Å²) in [6.45, 7) is 4.13. The van der Waals surface area contributed by atoms with Gasteiger partial charge in [-0.1, -0.05) is 89.6 Å². The number of thioether (sulfide) groups is 1. The molecule has 2 aliphatic heterocycles. The van der Waals surface area contributed by atoms with Crippen LogP contribution >= 0.6 is 11.8 Å². The Morgan fingerprint density at radius 3 is 2.35 bits per heavy atom. The van der Waals surface area contributed by atoms with E-state index in [9.17, 15) is 4.79 Å². The third-order valence-electron chi connectivity index (χ3n) is 5.39. The lowest BCUT2D eigenvalue weighted by molar-refractivity contribution is -0.116. The molecule has 5 nitrogen and oxygen atoms in total. The van der Waals surface area contributed by atoms with Crippen molar-refractivity contribution < 1.29 is 4.79 Å². The zero-order valence-electron chi connectivity index (χ0n) is 17.4. The zero-order valence-corrected chi connectivity index (χ0v) is 18.2. The summed E-state index contributed by atoms with van der Waals surface area (Å²) in [5, 5.41) is 11.7. The van der Waals surface area contributed by atoms with Crippen LogP contribution in [0.5, 0.6) is 0 Å². The fraction of sp³-hybridized carbons (Fsp3) is 0.160. The topological polar surface area (TPSA) is 57.1 Å². The second kappa shape index (κ2) is 8.04. The highest BCUT2D eigenvalue weighted by molar-refractivity contribution is 8.13. The number of benzene rings is 3. The summed E-state index contributed by atoms with van der Waals surface area (Å²) in [5.74, 6) is 0.576. The Bertz CT molecular complexity index is 1300. The maximum Gasteiger partial charge on any atom is 0.276 e. The van der Waals surface area contributed by atoms with E-state index < -0.39 is 0 Å². The van der Waals surface area contributed by atoms with E-state index in [0.29, 0.717) is 10.9 Å². The molecule has 1 N–H and O–H groups in total. The molecule has 3 aromatic carbocycles. The summed E-state index contributed by atoms with van der Waals surface area (Å²) < 4.78 is 0. The molecule has 0 aromatic heterocycles. The molecule has 0 unspecified atom stereocenters. The van der Waals surface area contributed by atoms with Gasteiger partial charge in [-0.15, -0.1) is 5.10 Å². The van der Waals surface area contributed by atoms with E-state index in [1.165, 1.54) is 28.5 Å². The van der Waals surface area contributed by atoms with Crippen molar-refractivity contribution in [3.8, 4) is 0 Å². The fourth-order valence-electron chi connectivity index (χ4n) is 3.68. The molecule has 0 aliphatic carbocycles. The first-order chi connectivity index (χ1) is 15.1. The van der Waals surface area contributed by atoms with E-state index in [0.717, 1.165) is 21.9 Å². The van der Waals surface area contributed by atoms with Crippen LogP contribution in [0.2, 0.25) is 0 Å². The molecule has 0 saturated carbocycles. The number of amides is 1. The van der Waals surface area contributed by atoms with Crippen LogP contribution in [0, 0.1) is 13.8 Å². The summed E-state index contributed by atoms with van der Waals surface area (Å²) >= 11 is 1.52. The van der Waals surface area contributed by atoms with Crippen LogP contribution in [0.4, 0.5) is 0 Å². The van der Waals surface area contributed by atoms with Gasteiger partial charge in [0.05, 0.1) is 5.36 Å². The quantitative estimate of drug-likeness (QED) is 0.699. The predicted octanol–water partition coefficient (Wildman–Crippen LogP) is 3.38. The number of nitrogens with zero attached hydrogens (tertiary/aromatic N) is 3. The van der Waals surface area contributed by atoms with Crippen molar-refractivity contribution in [1.82, 2.24) is 10.3 Å². The first kappa shape index (κ1) is 19.6. The Morgan fingerprint density at radius 2 is 1.61 bits per heavy atom. The van der Waals surface area contributed by atoms with Crippen molar-refractivity contribution in [1.29, 1.82) is 0 Å². The largest absolute Gasteiger partial charge is 0.298 e. The van der Waals surface area contributed by atoms with Crippen LogP contribution in [0.25, 0.3) is 5.70 Å². The highest BCUT2D eigenvalue weighted by Crippen LogP contribution is 2.31. The SMILES string of the molecule is Cc1ccc(CSC2=NN3C(=c4ccccc4=N[C@@H]3c3ccc(C)cc3)C(=O)N2)cc1. The smallest absolute Gasteiger partial charge is 0.276 e. The number of rotatable bonds is 3. The summed E-state index contributed by atoms with van der Waals surface area (Å²) in [4.78, 5) is 18.1. The molecule has 0 radical (unpaired) electrons. The Kier molecular flexibility index (Phi) is 5.08. The minimum Gasteiger partial charge on any atom is -0.298 e. The second-order valence-corrected chi connectivity index (χ2v) is 8.72. The third-order valence-corrected chi connectivity index (χ3v) is 6.32. The number of hydrogen-bond donors (Lipinski definition) is 1. The fourth-order valence-corrected chi connectivity index (χ4v) is 4.49. The molecule has 3 aromatic rings. The van der Waals surface area contributed by atoms with Crippen LogP contribution < -0.4 is 15.9 Å². The summed E-state index contributed by atoms with van der Waals surface area (Å²) in [6, 6.07) is 24.4. The van der Waals surface area contributed by atoms with E-state index in [4.69, 9.17) is 10.1 Å². The number of carbonyl (C=O) groups excluding carboxylic acids is 1. The summed E-state index contributed by atoms with van der Waals surface area (Å²) in [6.07, 6.45) is -0.383. The van der Waals surface area contributed by atoms with Gasteiger partial charge in [0.25, 0.3) is 5.91 Å². The lowest BCUT2D eigenvalue weighted by Gasteiger charge is -2.34. The van der Waals surface area contributed by atoms with E-state index >= 15 is 0 Å². The number of para-hydroxylation sites is 1. The Hall–Kier alpha value is -3.38. The van der Waals surface area contributed by atoms with Gasteiger partial charge in [0.15, 0.2) is 11.3 Å². The molecule has 1 amide bonds. The average Bonchev–Trinajstić information content (AvgIpc) is 2.78. The highest BCUT2D eigenvalue weighted by atomic mass is 32.2. The first-order valence-electron chi connectivity index (χ1n) is 10.2. The van der Waals surface area contributed by atoms with E-state index in [-0.39, 0.29) is 12.1 Å². The standard InChI is InChI=1S/C25H22N4OS/c1-16-7-11-18(12-8-16)15-31-25-27-24(30)22-20-5-3-4-6-21(20)26-23(29(22)28-25)19-13-9-17(2)10-14-19/h3-14,23H,15H2,1-2H3,(H,27,28,30)/t23-/m0/s1. The second-order valence-electron chi connectivity index (χ2n) is 7.76. The molecule has 6 heteroatoms. The van der Waals surface area contributed by atoms with Gasteiger partial charge in [0, 0.05) is 11.0 Å². The number of nitrogens with one attached hydrogen (secondary N) is 1. The van der Waals surface area contributed by atoms with Gasteiger partial charge in [-0.05, 0) is 31.0 Å². The molecule has 0 fully saturated rings. The van der Waals surface area contributed by atoms with Crippen LogP contribution in [-0.2, 0) is 10.5 Å². The zero-order chi connectivity index (χ0) is 21.4. The van der Waals surface area contributed by atoms with Crippen molar-refractivity contribution >= 4 is 28.5 Å². The summed E-state index contributed by atoms with van der Waals surface area (Å²) in [7, 11) is 0. The van der Waals surface area contributed by atoms with Gasteiger partial charge in [-0.2, -0.15) is 0 Å². The molecule has 154 valence electrons. The predicted molar refractivity (Wildman–Crippen MR) is 124 cm³/mol. The van der Waals surface area contributed by atoms with Gasteiger partial charge < -0.3 is 0 Å². The maximum atomic E-state index is 13.2. The van der Waals surface area contributed by atoms with Gasteiger partial charge in [-0.25, -0.2) is 5.01 Å². The lowest BCUT2D eigenvalue weighted by atomic mass is 10.1. The number of carbonyl (C=O) groups is 1. The lowest BCUT2D eigenvalue weighted by Crippen LogP contribution is -2.50. The molecule has 5 rings (SSSR count). The van der Waals surface area contributed by atoms with Crippen LogP contribution in [0.1, 0.15) is 28.4 Å². The average molecular weight is 427 g/mol. The van der Waals surface area contributed by atoms with Crippen LogP contribution in [0.15, 0.2) is 82.9 Å². The Morgan fingerprint density at radius 1 is 0.935 bits per heavy atom. The van der Waals surface area contributed by atoms with E-state index in [2.05, 4.69) is 67.7 Å². The monoisotopic (exact) mass is 426 g/mol. The Labute approximate surface area is 185 Å². The number of aryl methyl sites for hydroxylation is 2. The third kappa shape index (κ3) is 3.86. The number of hydrogen-bond acceptors (Lipinski definition) is 5. The molecule has 1 atom stereocenters. The summed E-state index contributed by atoms with van der Waals surface area (Å²) in [5.41, 5.74) is 5.13. The molecule has 2 heterocycles. The minimum absolute atomic E-state index is 0.152. The Balaban J connectivity index is 1.54. The number of fused-ring (bicyclic) bond motifs is 2. The molecule has 0 spiro atoms. The van der Waals surface area contributed by atoms with Crippen LogP contribution in [0.3, 0.4) is 0 Å². The molecular formula is C25H22N4OS. The normalized spacial score (nSPS) is 17.3. The molecule has 2 aliphatic rings. The van der Waals surface area contributed by atoms with E-state index in [1.54, 1.807) is 5.01 Å². The molecule has 0 bridgehead atoms.